The summed E-state index contributed by atoms with van der Waals surface area (Å²) >= 11 is 0. The third-order valence-electron chi connectivity index (χ3n) is 4.64. The van der Waals surface area contributed by atoms with Crippen LogP contribution in [0.3, 0.4) is 0 Å². The second-order valence-corrected chi connectivity index (χ2v) is 8.64. The van der Waals surface area contributed by atoms with E-state index in [0.717, 1.165) is 0 Å². The molecule has 0 spiro atoms. The third kappa shape index (κ3) is 4.46. The molecule has 1 fully saturated rings. The number of nitrogens with zero attached hydrogens (tertiary/aromatic N) is 2. The number of rotatable bonds is 5. The monoisotopic (exact) mass is 402 g/mol. The molecular weight excluding hydrogens is 380 g/mol. The van der Waals surface area contributed by atoms with Gasteiger partial charge < -0.3 is 9.64 Å². The van der Waals surface area contributed by atoms with Gasteiger partial charge in [0.1, 0.15) is 5.75 Å². The Bertz CT molecular complexity index is 978. The highest BCUT2D eigenvalue weighted by atomic mass is 32.2. The molecule has 7 nitrogen and oxygen atoms in total. The molecule has 0 saturated carbocycles. The Morgan fingerprint density at radius 3 is 2.18 bits per heavy atom. The molecule has 0 bridgehead atoms. The number of hydrogen-bond acceptors (Lipinski definition) is 6. The first-order valence-corrected chi connectivity index (χ1v) is 10.3. The van der Waals surface area contributed by atoms with Crippen molar-refractivity contribution >= 4 is 21.8 Å². The number of esters is 1. The molecule has 28 heavy (non-hydrogen) atoms. The van der Waals surface area contributed by atoms with Gasteiger partial charge in [-0.15, -0.1) is 0 Å². The summed E-state index contributed by atoms with van der Waals surface area (Å²) in [6, 6.07) is 12.0. The van der Waals surface area contributed by atoms with E-state index in [1.54, 1.807) is 12.1 Å². The Labute approximate surface area is 164 Å². The van der Waals surface area contributed by atoms with Crippen LogP contribution in [-0.4, -0.2) is 62.6 Å². The van der Waals surface area contributed by atoms with Crippen molar-refractivity contribution in [3.63, 3.8) is 0 Å². The van der Waals surface area contributed by atoms with E-state index in [9.17, 15) is 18.0 Å². The molecular formula is C20H22N2O5S. The summed E-state index contributed by atoms with van der Waals surface area (Å²) in [6.45, 7) is 3.60. The smallest absolute Gasteiger partial charge is 0.343 e. The number of hydrogen-bond donors (Lipinski definition) is 0. The Kier molecular flexibility index (Phi) is 5.93. The number of carbonyl (C=O) groups is 2. The highest BCUT2D eigenvalue weighted by Crippen LogP contribution is 2.20. The number of sulfonamides is 1. The van der Waals surface area contributed by atoms with E-state index >= 15 is 0 Å². The van der Waals surface area contributed by atoms with Gasteiger partial charge in [0.05, 0.1) is 10.5 Å². The average Bonchev–Trinajstić information content (AvgIpc) is 2.69. The number of carbonyl (C=O) groups excluding carboxylic acids is 2. The van der Waals surface area contributed by atoms with Crippen molar-refractivity contribution in [2.24, 2.45) is 0 Å². The van der Waals surface area contributed by atoms with Crippen LogP contribution in [0.5, 0.6) is 5.75 Å². The molecule has 0 aliphatic carbocycles. The minimum atomic E-state index is -3.67. The minimum absolute atomic E-state index is 0.0680. The lowest BCUT2D eigenvalue weighted by atomic mass is 10.1. The first kappa shape index (κ1) is 20.2. The molecule has 0 N–H and O–H groups in total. The van der Waals surface area contributed by atoms with Gasteiger partial charge in [-0.1, -0.05) is 6.07 Å². The molecule has 0 atom stereocenters. The molecule has 2 aromatic rings. The fourth-order valence-electron chi connectivity index (χ4n) is 2.88. The van der Waals surface area contributed by atoms with Crippen LogP contribution in [0, 0.1) is 0 Å². The number of ketones is 1. The summed E-state index contributed by atoms with van der Waals surface area (Å²) in [7, 11) is -1.72. The van der Waals surface area contributed by atoms with Gasteiger partial charge in [-0.05, 0) is 56.4 Å². The van der Waals surface area contributed by atoms with Crippen molar-refractivity contribution in [3.05, 3.63) is 59.7 Å². The highest BCUT2D eigenvalue weighted by Gasteiger charge is 2.28. The van der Waals surface area contributed by atoms with Crippen molar-refractivity contribution in [1.82, 2.24) is 9.21 Å². The lowest BCUT2D eigenvalue weighted by Gasteiger charge is -2.31. The number of Topliss-reactive ketones (excluding diaryl/α,β-unsaturated/α-hetero) is 1. The van der Waals surface area contributed by atoms with Gasteiger partial charge in [-0.25, -0.2) is 13.2 Å². The van der Waals surface area contributed by atoms with Crippen LogP contribution in [-0.2, 0) is 10.0 Å². The molecule has 1 saturated heterocycles. The van der Waals surface area contributed by atoms with Crippen molar-refractivity contribution in [2.45, 2.75) is 11.8 Å². The van der Waals surface area contributed by atoms with E-state index in [-0.39, 0.29) is 22.0 Å². The van der Waals surface area contributed by atoms with Crippen LogP contribution in [0.15, 0.2) is 53.4 Å². The first-order valence-electron chi connectivity index (χ1n) is 8.89. The molecule has 1 aliphatic heterocycles. The Hall–Kier alpha value is -2.55. The zero-order chi connectivity index (χ0) is 20.3. The van der Waals surface area contributed by atoms with Crippen molar-refractivity contribution in [3.8, 4) is 5.75 Å². The zero-order valence-electron chi connectivity index (χ0n) is 15.8. The number of benzene rings is 2. The van der Waals surface area contributed by atoms with Crippen LogP contribution in [0.2, 0.25) is 0 Å². The summed E-state index contributed by atoms with van der Waals surface area (Å²) < 4.78 is 32.4. The van der Waals surface area contributed by atoms with Gasteiger partial charge >= 0.3 is 5.97 Å². The number of ether oxygens (including phenoxy) is 1. The van der Waals surface area contributed by atoms with Crippen molar-refractivity contribution < 1.29 is 22.7 Å². The predicted octanol–water partition coefficient (Wildman–Crippen LogP) is 2.04. The van der Waals surface area contributed by atoms with E-state index in [1.807, 2.05) is 7.05 Å². The summed E-state index contributed by atoms with van der Waals surface area (Å²) in [5.74, 6) is -0.465. The SMILES string of the molecule is CC(=O)c1ccc(OC(=O)c2cccc(S(=O)(=O)N3CCN(C)CC3)c2)cc1. The maximum Gasteiger partial charge on any atom is 0.343 e. The summed E-state index contributed by atoms with van der Waals surface area (Å²) in [6.07, 6.45) is 0. The van der Waals surface area contributed by atoms with Gasteiger partial charge in [-0.3, -0.25) is 4.79 Å². The van der Waals surface area contributed by atoms with Crippen molar-refractivity contribution in [1.29, 1.82) is 0 Å². The highest BCUT2D eigenvalue weighted by molar-refractivity contribution is 7.89. The minimum Gasteiger partial charge on any atom is -0.423 e. The van der Waals surface area contributed by atoms with Gasteiger partial charge in [0.25, 0.3) is 0 Å². The molecule has 8 heteroatoms. The van der Waals surface area contributed by atoms with Gasteiger partial charge in [-0.2, -0.15) is 4.31 Å². The van der Waals surface area contributed by atoms with Crippen LogP contribution in [0.1, 0.15) is 27.6 Å². The molecule has 148 valence electrons. The van der Waals surface area contributed by atoms with E-state index in [2.05, 4.69) is 4.90 Å². The maximum atomic E-state index is 12.9. The van der Waals surface area contributed by atoms with E-state index in [4.69, 9.17) is 4.74 Å². The normalized spacial score (nSPS) is 15.9. The topological polar surface area (TPSA) is 84.0 Å². The maximum absolute atomic E-state index is 12.9. The van der Waals surface area contributed by atoms with Crippen LogP contribution in [0.4, 0.5) is 0 Å². The second-order valence-electron chi connectivity index (χ2n) is 6.71. The summed E-state index contributed by atoms with van der Waals surface area (Å²) in [5, 5.41) is 0. The Balaban J connectivity index is 1.76. The fraction of sp³-hybridized carbons (Fsp3) is 0.300. The molecule has 0 amide bonds. The van der Waals surface area contributed by atoms with Gasteiger partial charge in [0.2, 0.25) is 10.0 Å². The van der Waals surface area contributed by atoms with Gasteiger partial charge in [0.15, 0.2) is 5.78 Å². The Morgan fingerprint density at radius 2 is 1.57 bits per heavy atom. The lowest BCUT2D eigenvalue weighted by Crippen LogP contribution is -2.47. The van der Waals surface area contributed by atoms with E-state index < -0.39 is 16.0 Å². The quantitative estimate of drug-likeness (QED) is 0.432. The summed E-state index contributed by atoms with van der Waals surface area (Å²) in [4.78, 5) is 25.9. The molecule has 3 rings (SSSR count). The fourth-order valence-corrected chi connectivity index (χ4v) is 4.35. The average molecular weight is 402 g/mol. The first-order chi connectivity index (χ1) is 13.3. The predicted molar refractivity (Wildman–Crippen MR) is 104 cm³/mol. The van der Waals surface area contributed by atoms with Crippen LogP contribution < -0.4 is 4.74 Å². The van der Waals surface area contributed by atoms with Crippen LogP contribution >= 0.6 is 0 Å². The van der Waals surface area contributed by atoms with E-state index in [0.29, 0.717) is 31.7 Å². The molecule has 0 aromatic heterocycles. The molecule has 0 radical (unpaired) electrons. The molecule has 1 aliphatic rings. The van der Waals surface area contributed by atoms with Crippen molar-refractivity contribution in [2.75, 3.05) is 33.2 Å². The number of piperazine rings is 1. The number of likely N-dealkylation sites (N-methyl/N-ethyl adjacent to an activating group) is 1. The third-order valence-corrected chi connectivity index (χ3v) is 6.54. The molecule has 0 unspecified atom stereocenters. The largest absolute Gasteiger partial charge is 0.423 e. The molecule has 2 aromatic carbocycles. The van der Waals surface area contributed by atoms with Crippen LogP contribution in [0.25, 0.3) is 0 Å². The molecule has 1 heterocycles. The Morgan fingerprint density at radius 1 is 0.929 bits per heavy atom. The van der Waals surface area contributed by atoms with Gasteiger partial charge in [0, 0.05) is 31.7 Å². The summed E-state index contributed by atoms with van der Waals surface area (Å²) in [5.41, 5.74) is 0.658. The zero-order valence-corrected chi connectivity index (χ0v) is 16.6. The second kappa shape index (κ2) is 8.22. The van der Waals surface area contributed by atoms with E-state index in [1.165, 1.54) is 47.6 Å². The standard InChI is InChI=1S/C20H22N2O5S/c1-15(23)16-6-8-18(9-7-16)27-20(24)17-4-3-5-19(14-17)28(25,26)22-12-10-21(2)11-13-22/h3-9,14H,10-13H2,1-2H3. The lowest BCUT2D eigenvalue weighted by molar-refractivity contribution is 0.0734.